The van der Waals surface area contributed by atoms with E-state index >= 15 is 0 Å². The molecule has 1 aromatic heterocycles. The number of likely N-dealkylation sites (tertiary alicyclic amines) is 3. The first-order valence-corrected chi connectivity index (χ1v) is 11.2. The van der Waals surface area contributed by atoms with Crippen molar-refractivity contribution in [2.24, 2.45) is 11.3 Å². The van der Waals surface area contributed by atoms with Crippen LogP contribution in [0.3, 0.4) is 0 Å². The normalized spacial score (nSPS) is 26.7. The molecule has 6 heteroatoms. The van der Waals surface area contributed by atoms with Gasteiger partial charge in [0.2, 0.25) is 5.91 Å². The molecule has 6 nitrogen and oxygen atoms in total. The molecular formula is C24H30N4O2. The summed E-state index contributed by atoms with van der Waals surface area (Å²) in [5.74, 6) is 0.505. The van der Waals surface area contributed by atoms with Crippen LogP contribution in [0.2, 0.25) is 0 Å². The SMILES string of the molecule is CC(C)N1C[C@H]2CN(C(=O)c3ccc4ncccc4c3)C[C@@]2(C(=O)N2CCCC2)C1. The molecule has 0 aliphatic carbocycles. The van der Waals surface area contributed by atoms with Crippen LogP contribution in [0.1, 0.15) is 37.0 Å². The van der Waals surface area contributed by atoms with Gasteiger partial charge in [0.15, 0.2) is 0 Å². The van der Waals surface area contributed by atoms with Crippen molar-refractivity contribution < 1.29 is 9.59 Å². The highest BCUT2D eigenvalue weighted by atomic mass is 16.2. The highest BCUT2D eigenvalue weighted by Crippen LogP contribution is 2.45. The Morgan fingerprint density at radius 3 is 2.63 bits per heavy atom. The number of pyridine rings is 1. The average molecular weight is 407 g/mol. The second-order valence-corrected chi connectivity index (χ2v) is 9.47. The van der Waals surface area contributed by atoms with Crippen LogP contribution in [0.5, 0.6) is 0 Å². The van der Waals surface area contributed by atoms with E-state index in [1.165, 1.54) is 0 Å². The predicted octanol–water partition coefficient (Wildman–Crippen LogP) is 2.64. The Morgan fingerprint density at radius 1 is 1.07 bits per heavy atom. The Balaban J connectivity index is 1.42. The third-order valence-electron chi connectivity index (χ3n) is 7.32. The first kappa shape index (κ1) is 19.5. The number of fused-ring (bicyclic) bond motifs is 2. The van der Waals surface area contributed by atoms with Gasteiger partial charge in [0.1, 0.15) is 0 Å². The number of aromatic nitrogens is 1. The van der Waals surface area contributed by atoms with Crippen molar-refractivity contribution in [1.29, 1.82) is 0 Å². The molecule has 3 saturated heterocycles. The second-order valence-electron chi connectivity index (χ2n) is 9.47. The van der Waals surface area contributed by atoms with Crippen molar-refractivity contribution in [1.82, 2.24) is 19.7 Å². The van der Waals surface area contributed by atoms with E-state index < -0.39 is 5.41 Å². The van der Waals surface area contributed by atoms with E-state index in [0.717, 1.165) is 49.9 Å². The summed E-state index contributed by atoms with van der Waals surface area (Å²) in [6.07, 6.45) is 3.95. The first-order valence-electron chi connectivity index (χ1n) is 11.2. The Kier molecular flexibility index (Phi) is 4.77. The summed E-state index contributed by atoms with van der Waals surface area (Å²) in [5, 5.41) is 0.969. The largest absolute Gasteiger partial charge is 0.342 e. The third-order valence-corrected chi connectivity index (χ3v) is 7.32. The molecule has 0 saturated carbocycles. The van der Waals surface area contributed by atoms with Gasteiger partial charge in [-0.15, -0.1) is 0 Å². The molecule has 158 valence electrons. The molecule has 1 aromatic carbocycles. The molecule has 2 atom stereocenters. The molecule has 0 unspecified atom stereocenters. The number of benzene rings is 1. The lowest BCUT2D eigenvalue weighted by atomic mass is 9.79. The fraction of sp³-hybridized carbons (Fsp3) is 0.542. The smallest absolute Gasteiger partial charge is 0.253 e. The topological polar surface area (TPSA) is 56.8 Å². The Hall–Kier alpha value is -2.47. The number of hydrogen-bond donors (Lipinski definition) is 0. The molecule has 3 aliphatic rings. The van der Waals surface area contributed by atoms with Crippen molar-refractivity contribution in [3.05, 3.63) is 42.1 Å². The molecule has 0 bridgehead atoms. The van der Waals surface area contributed by atoms with Crippen LogP contribution < -0.4 is 0 Å². The summed E-state index contributed by atoms with van der Waals surface area (Å²) in [4.78, 5) is 37.8. The Bertz CT molecular complexity index is 984. The van der Waals surface area contributed by atoms with E-state index in [4.69, 9.17) is 0 Å². The molecule has 30 heavy (non-hydrogen) atoms. The predicted molar refractivity (Wildman–Crippen MR) is 116 cm³/mol. The molecular weight excluding hydrogens is 376 g/mol. The zero-order valence-electron chi connectivity index (χ0n) is 17.9. The Labute approximate surface area is 177 Å². The van der Waals surface area contributed by atoms with E-state index in [-0.39, 0.29) is 17.7 Å². The lowest BCUT2D eigenvalue weighted by Crippen LogP contribution is -2.49. The summed E-state index contributed by atoms with van der Waals surface area (Å²) >= 11 is 0. The van der Waals surface area contributed by atoms with Gasteiger partial charge in [-0.05, 0) is 51.0 Å². The minimum absolute atomic E-state index is 0.0276. The van der Waals surface area contributed by atoms with E-state index in [0.29, 0.717) is 24.7 Å². The van der Waals surface area contributed by atoms with Gasteiger partial charge < -0.3 is 9.80 Å². The van der Waals surface area contributed by atoms with Crippen LogP contribution in [-0.2, 0) is 4.79 Å². The van der Waals surface area contributed by atoms with Crippen molar-refractivity contribution in [3.63, 3.8) is 0 Å². The molecule has 4 heterocycles. The van der Waals surface area contributed by atoms with E-state index in [1.807, 2.05) is 40.1 Å². The highest BCUT2D eigenvalue weighted by Gasteiger charge is 2.59. The number of hydrogen-bond acceptors (Lipinski definition) is 4. The van der Waals surface area contributed by atoms with Crippen LogP contribution in [0.25, 0.3) is 10.9 Å². The molecule has 0 spiro atoms. The lowest BCUT2D eigenvalue weighted by Gasteiger charge is -2.33. The van der Waals surface area contributed by atoms with Gasteiger partial charge in [0.25, 0.3) is 5.91 Å². The zero-order valence-corrected chi connectivity index (χ0v) is 17.9. The summed E-state index contributed by atoms with van der Waals surface area (Å²) < 4.78 is 0. The molecule has 3 fully saturated rings. The van der Waals surface area contributed by atoms with Crippen LogP contribution >= 0.6 is 0 Å². The number of rotatable bonds is 3. The number of nitrogens with zero attached hydrogens (tertiary/aromatic N) is 4. The zero-order chi connectivity index (χ0) is 20.9. The monoisotopic (exact) mass is 406 g/mol. The number of amides is 2. The molecule has 0 N–H and O–H groups in total. The van der Waals surface area contributed by atoms with E-state index in [1.54, 1.807) is 6.20 Å². The van der Waals surface area contributed by atoms with Crippen LogP contribution in [0.15, 0.2) is 36.5 Å². The summed E-state index contributed by atoms with van der Waals surface area (Å²) in [5.41, 5.74) is 1.11. The van der Waals surface area contributed by atoms with Crippen molar-refractivity contribution in [2.45, 2.75) is 32.7 Å². The Morgan fingerprint density at radius 2 is 1.87 bits per heavy atom. The highest BCUT2D eigenvalue weighted by molar-refractivity contribution is 5.99. The van der Waals surface area contributed by atoms with Gasteiger partial charge in [-0.2, -0.15) is 0 Å². The van der Waals surface area contributed by atoms with Gasteiger partial charge >= 0.3 is 0 Å². The number of carbonyl (C=O) groups is 2. The van der Waals surface area contributed by atoms with E-state index in [2.05, 4.69) is 23.7 Å². The van der Waals surface area contributed by atoms with Crippen molar-refractivity contribution in [2.75, 3.05) is 39.3 Å². The molecule has 3 aliphatic heterocycles. The molecule has 2 aromatic rings. The summed E-state index contributed by atoms with van der Waals surface area (Å²) in [6.45, 7) is 8.95. The van der Waals surface area contributed by atoms with Gasteiger partial charge in [-0.1, -0.05) is 6.07 Å². The van der Waals surface area contributed by atoms with Gasteiger partial charge in [0.05, 0.1) is 10.9 Å². The summed E-state index contributed by atoms with van der Waals surface area (Å²) in [6, 6.07) is 9.98. The quantitative estimate of drug-likeness (QED) is 0.786. The van der Waals surface area contributed by atoms with Gasteiger partial charge in [-0.3, -0.25) is 19.5 Å². The minimum atomic E-state index is -0.456. The fourth-order valence-electron chi connectivity index (χ4n) is 5.58. The van der Waals surface area contributed by atoms with Gasteiger partial charge in [0, 0.05) is 68.4 Å². The van der Waals surface area contributed by atoms with Crippen LogP contribution in [0, 0.1) is 11.3 Å². The van der Waals surface area contributed by atoms with Crippen LogP contribution in [-0.4, -0.2) is 76.8 Å². The first-order chi connectivity index (χ1) is 14.5. The maximum atomic E-state index is 13.7. The maximum absolute atomic E-state index is 13.7. The third kappa shape index (κ3) is 3.09. The molecule has 0 radical (unpaired) electrons. The fourth-order valence-corrected chi connectivity index (χ4v) is 5.58. The van der Waals surface area contributed by atoms with Crippen LogP contribution in [0.4, 0.5) is 0 Å². The number of carbonyl (C=O) groups excluding carboxylic acids is 2. The van der Waals surface area contributed by atoms with Crippen molar-refractivity contribution >= 4 is 22.7 Å². The lowest BCUT2D eigenvalue weighted by molar-refractivity contribution is -0.141. The van der Waals surface area contributed by atoms with E-state index in [9.17, 15) is 9.59 Å². The minimum Gasteiger partial charge on any atom is -0.342 e. The van der Waals surface area contributed by atoms with Gasteiger partial charge in [-0.25, -0.2) is 0 Å². The molecule has 5 rings (SSSR count). The molecule has 2 amide bonds. The second kappa shape index (κ2) is 7.34. The van der Waals surface area contributed by atoms with Crippen molar-refractivity contribution in [3.8, 4) is 0 Å². The average Bonchev–Trinajstić information content (AvgIpc) is 3.47. The summed E-state index contributed by atoms with van der Waals surface area (Å²) in [7, 11) is 0. The maximum Gasteiger partial charge on any atom is 0.253 e. The standard InChI is InChI=1S/C24H30N4O2/c1-17(2)27-13-20-14-28(16-24(20,15-27)23(30)26-10-3-4-11-26)22(29)19-7-8-21-18(12-19)6-5-9-25-21/h5-9,12,17,20H,3-4,10-11,13-16H2,1-2H3/t20-,24-/m0/s1.